The Balaban J connectivity index is 2.81. The minimum atomic E-state index is -0.455. The molecule has 0 unspecified atom stereocenters. The first-order valence-electron chi connectivity index (χ1n) is 5.77. The van der Waals surface area contributed by atoms with Gasteiger partial charge in [-0.1, -0.05) is 12.1 Å². The molecule has 0 aromatic heterocycles. The Kier molecular flexibility index (Phi) is 4.06. The van der Waals surface area contributed by atoms with Crippen LogP contribution >= 0.6 is 0 Å². The number of nitrogens with zero attached hydrogens (tertiary/aromatic N) is 1. The highest BCUT2D eigenvalue weighted by Gasteiger charge is 2.20. The minimum Gasteiger partial charge on any atom is -0.351 e. The van der Waals surface area contributed by atoms with Gasteiger partial charge in [0.05, 0.1) is 10.8 Å². The number of hydrogen-bond acceptors (Lipinski definition) is 3. The van der Waals surface area contributed by atoms with Crippen molar-refractivity contribution in [1.82, 2.24) is 5.32 Å². The molecule has 0 radical (unpaired) electrons. The summed E-state index contributed by atoms with van der Waals surface area (Å²) < 4.78 is 0. The van der Waals surface area contributed by atoms with E-state index in [-0.39, 0.29) is 23.1 Å². The second-order valence-corrected chi connectivity index (χ2v) is 5.31. The predicted octanol–water partition coefficient (Wildman–Crippen LogP) is 2.61. The van der Waals surface area contributed by atoms with Crippen LogP contribution in [0.3, 0.4) is 0 Å². The summed E-state index contributed by atoms with van der Waals surface area (Å²) in [4.78, 5) is 22.0. The maximum absolute atomic E-state index is 11.9. The van der Waals surface area contributed by atoms with Gasteiger partial charge in [0.1, 0.15) is 0 Å². The summed E-state index contributed by atoms with van der Waals surface area (Å²) in [7, 11) is 0. The highest BCUT2D eigenvalue weighted by molar-refractivity contribution is 5.83. The molecule has 1 amide bonds. The number of carbonyl (C=O) groups excluding carboxylic acids is 1. The van der Waals surface area contributed by atoms with E-state index in [4.69, 9.17) is 0 Å². The van der Waals surface area contributed by atoms with Crippen LogP contribution in [0, 0.1) is 10.1 Å². The Hall–Kier alpha value is -1.91. The molecule has 1 rings (SSSR count). The van der Waals surface area contributed by atoms with Crippen molar-refractivity contribution < 1.29 is 9.72 Å². The molecule has 1 atom stereocenters. The van der Waals surface area contributed by atoms with Crippen LogP contribution < -0.4 is 5.32 Å². The standard InChI is InChI=1S/C13H18N2O3/c1-9(12(16)14-13(2,3)4)10-5-7-11(8-6-10)15(17)18/h5-9H,1-4H3,(H,14,16)/t9-/m1/s1. The van der Waals surface area contributed by atoms with Crippen molar-refractivity contribution >= 4 is 11.6 Å². The van der Waals surface area contributed by atoms with Crippen LogP contribution in [-0.2, 0) is 4.79 Å². The van der Waals surface area contributed by atoms with Crippen molar-refractivity contribution in [2.24, 2.45) is 0 Å². The first kappa shape index (κ1) is 14.2. The second kappa shape index (κ2) is 5.16. The number of nitrogens with one attached hydrogen (secondary N) is 1. The Bertz CT molecular complexity index is 446. The summed E-state index contributed by atoms with van der Waals surface area (Å²) in [5.74, 6) is -0.415. The van der Waals surface area contributed by atoms with Gasteiger partial charge in [-0.3, -0.25) is 14.9 Å². The molecule has 0 aliphatic heterocycles. The largest absolute Gasteiger partial charge is 0.351 e. The summed E-state index contributed by atoms with van der Waals surface area (Å²) in [5.41, 5.74) is 0.510. The van der Waals surface area contributed by atoms with Crippen molar-refractivity contribution in [2.75, 3.05) is 0 Å². The Morgan fingerprint density at radius 2 is 1.78 bits per heavy atom. The van der Waals surface area contributed by atoms with Crippen LogP contribution in [0.1, 0.15) is 39.2 Å². The molecule has 1 N–H and O–H groups in total. The molecule has 5 nitrogen and oxygen atoms in total. The summed E-state index contributed by atoms with van der Waals surface area (Å²) >= 11 is 0. The molecule has 5 heteroatoms. The van der Waals surface area contributed by atoms with Gasteiger partial charge in [0.25, 0.3) is 5.69 Å². The van der Waals surface area contributed by atoms with Gasteiger partial charge in [-0.15, -0.1) is 0 Å². The maximum Gasteiger partial charge on any atom is 0.269 e. The normalized spacial score (nSPS) is 12.9. The number of hydrogen-bond donors (Lipinski definition) is 1. The molecule has 1 aromatic carbocycles. The molecule has 0 spiro atoms. The molecule has 18 heavy (non-hydrogen) atoms. The fourth-order valence-corrected chi connectivity index (χ4v) is 1.51. The maximum atomic E-state index is 11.9. The first-order valence-corrected chi connectivity index (χ1v) is 5.77. The van der Waals surface area contributed by atoms with E-state index in [1.807, 2.05) is 20.8 Å². The third-order valence-corrected chi connectivity index (χ3v) is 2.50. The van der Waals surface area contributed by atoms with Crippen molar-refractivity contribution in [3.63, 3.8) is 0 Å². The highest BCUT2D eigenvalue weighted by atomic mass is 16.6. The second-order valence-electron chi connectivity index (χ2n) is 5.31. The zero-order valence-electron chi connectivity index (χ0n) is 11.1. The lowest BCUT2D eigenvalue weighted by Crippen LogP contribution is -2.42. The molecule has 0 bridgehead atoms. The van der Waals surface area contributed by atoms with E-state index >= 15 is 0 Å². The zero-order chi connectivity index (χ0) is 13.9. The fourth-order valence-electron chi connectivity index (χ4n) is 1.51. The van der Waals surface area contributed by atoms with E-state index in [1.54, 1.807) is 19.1 Å². The minimum absolute atomic E-state index is 0.0298. The average molecular weight is 250 g/mol. The summed E-state index contributed by atoms with van der Waals surface area (Å²) in [6.45, 7) is 7.51. The van der Waals surface area contributed by atoms with Gasteiger partial charge in [0, 0.05) is 17.7 Å². The van der Waals surface area contributed by atoms with Gasteiger partial charge in [-0.05, 0) is 33.3 Å². The molecule has 1 aromatic rings. The number of non-ortho nitro benzene ring substituents is 1. The summed E-state index contributed by atoms with van der Waals surface area (Å²) in [6.07, 6.45) is 0. The van der Waals surface area contributed by atoms with E-state index in [2.05, 4.69) is 5.32 Å². The van der Waals surface area contributed by atoms with Crippen LogP contribution in [-0.4, -0.2) is 16.4 Å². The van der Waals surface area contributed by atoms with Gasteiger partial charge in [-0.25, -0.2) is 0 Å². The summed E-state index contributed by atoms with van der Waals surface area (Å²) in [5, 5.41) is 13.4. The van der Waals surface area contributed by atoms with Crippen LogP contribution in [0.5, 0.6) is 0 Å². The average Bonchev–Trinajstić information content (AvgIpc) is 2.26. The Morgan fingerprint density at radius 3 is 2.17 bits per heavy atom. The highest BCUT2D eigenvalue weighted by Crippen LogP contribution is 2.20. The third kappa shape index (κ3) is 3.84. The van der Waals surface area contributed by atoms with Crippen LogP contribution in [0.15, 0.2) is 24.3 Å². The number of rotatable bonds is 3. The lowest BCUT2D eigenvalue weighted by Gasteiger charge is -2.23. The topological polar surface area (TPSA) is 72.2 Å². The molecule has 0 aliphatic carbocycles. The lowest BCUT2D eigenvalue weighted by atomic mass is 9.98. The third-order valence-electron chi connectivity index (χ3n) is 2.50. The molecule has 0 saturated heterocycles. The van der Waals surface area contributed by atoms with E-state index in [9.17, 15) is 14.9 Å². The van der Waals surface area contributed by atoms with Crippen molar-refractivity contribution in [3.05, 3.63) is 39.9 Å². The predicted molar refractivity (Wildman–Crippen MR) is 69.4 cm³/mol. The smallest absolute Gasteiger partial charge is 0.269 e. The molecule has 0 aliphatic rings. The molecule has 0 heterocycles. The fraction of sp³-hybridized carbons (Fsp3) is 0.462. The van der Waals surface area contributed by atoms with Gasteiger partial charge in [0.15, 0.2) is 0 Å². The number of carbonyl (C=O) groups is 1. The molecule has 0 fully saturated rings. The van der Waals surface area contributed by atoms with Crippen LogP contribution in [0.2, 0.25) is 0 Å². The Labute approximate surface area is 106 Å². The van der Waals surface area contributed by atoms with Crippen molar-refractivity contribution in [3.8, 4) is 0 Å². The number of benzene rings is 1. The number of amides is 1. The van der Waals surface area contributed by atoms with E-state index in [0.717, 1.165) is 5.56 Å². The van der Waals surface area contributed by atoms with E-state index in [0.29, 0.717) is 0 Å². The zero-order valence-corrected chi connectivity index (χ0v) is 11.1. The SMILES string of the molecule is C[C@@H](C(=O)NC(C)(C)C)c1ccc([N+](=O)[O-])cc1. The number of nitro benzene ring substituents is 1. The molecule has 98 valence electrons. The van der Waals surface area contributed by atoms with Gasteiger partial charge >= 0.3 is 0 Å². The number of nitro groups is 1. The quantitative estimate of drug-likeness (QED) is 0.662. The van der Waals surface area contributed by atoms with Crippen LogP contribution in [0.25, 0.3) is 0 Å². The summed E-state index contributed by atoms with van der Waals surface area (Å²) in [6, 6.07) is 6.06. The van der Waals surface area contributed by atoms with Crippen molar-refractivity contribution in [1.29, 1.82) is 0 Å². The van der Waals surface area contributed by atoms with Gasteiger partial charge < -0.3 is 5.32 Å². The first-order chi connectivity index (χ1) is 8.20. The van der Waals surface area contributed by atoms with Crippen molar-refractivity contribution in [2.45, 2.75) is 39.2 Å². The molecular weight excluding hydrogens is 232 g/mol. The lowest BCUT2D eigenvalue weighted by molar-refractivity contribution is -0.384. The molecule has 0 saturated carbocycles. The molecular formula is C13H18N2O3. The van der Waals surface area contributed by atoms with E-state index < -0.39 is 4.92 Å². The van der Waals surface area contributed by atoms with E-state index in [1.165, 1.54) is 12.1 Å². The van der Waals surface area contributed by atoms with Gasteiger partial charge in [0.2, 0.25) is 5.91 Å². The van der Waals surface area contributed by atoms with Gasteiger partial charge in [-0.2, -0.15) is 0 Å². The Morgan fingerprint density at radius 1 is 1.28 bits per heavy atom. The van der Waals surface area contributed by atoms with Crippen LogP contribution in [0.4, 0.5) is 5.69 Å². The monoisotopic (exact) mass is 250 g/mol.